The Morgan fingerprint density at radius 1 is 0.852 bits per heavy atom. The van der Waals surface area contributed by atoms with Gasteiger partial charge in [0.2, 0.25) is 0 Å². The lowest BCUT2D eigenvalue weighted by Gasteiger charge is -2.10. The van der Waals surface area contributed by atoms with Crippen LogP contribution < -0.4 is 4.74 Å². The molecule has 2 rings (SSSR count). The zero-order chi connectivity index (χ0) is 19.3. The van der Waals surface area contributed by atoms with Gasteiger partial charge < -0.3 is 9.47 Å². The second kappa shape index (κ2) is 11.9. The van der Waals surface area contributed by atoms with Gasteiger partial charge in [-0.15, -0.1) is 0 Å². The van der Waals surface area contributed by atoms with E-state index in [0.717, 1.165) is 35.3 Å². The van der Waals surface area contributed by atoms with Crippen LogP contribution in [0.1, 0.15) is 56.6 Å². The molecular formula is C24H30O3. The molecule has 0 atom stereocenters. The van der Waals surface area contributed by atoms with Crippen LogP contribution in [-0.2, 0) is 9.53 Å². The van der Waals surface area contributed by atoms with Crippen LogP contribution in [0.3, 0.4) is 0 Å². The van der Waals surface area contributed by atoms with Gasteiger partial charge >= 0.3 is 5.97 Å². The molecule has 0 unspecified atom stereocenters. The first-order valence-corrected chi connectivity index (χ1v) is 9.83. The van der Waals surface area contributed by atoms with E-state index in [1.807, 2.05) is 54.6 Å². The number of benzene rings is 2. The average molecular weight is 367 g/mol. The van der Waals surface area contributed by atoms with Crippen molar-refractivity contribution in [2.45, 2.75) is 45.4 Å². The number of rotatable bonds is 11. The Kier molecular flexibility index (Phi) is 9.19. The van der Waals surface area contributed by atoms with Crippen LogP contribution in [0.4, 0.5) is 0 Å². The lowest BCUT2D eigenvalue weighted by molar-refractivity contribution is -0.137. The summed E-state index contributed by atoms with van der Waals surface area (Å²) in [5.41, 5.74) is 2.80. The van der Waals surface area contributed by atoms with Gasteiger partial charge in [-0.3, -0.25) is 0 Å². The largest absolute Gasteiger partial charge is 0.497 e. The van der Waals surface area contributed by atoms with E-state index in [1.165, 1.54) is 25.7 Å². The van der Waals surface area contributed by atoms with E-state index < -0.39 is 0 Å². The summed E-state index contributed by atoms with van der Waals surface area (Å²) in [5.74, 6) is 0.495. The van der Waals surface area contributed by atoms with E-state index >= 15 is 0 Å². The van der Waals surface area contributed by atoms with Crippen molar-refractivity contribution >= 4 is 11.5 Å². The lowest BCUT2D eigenvalue weighted by Crippen LogP contribution is -2.04. The molecule has 3 nitrogen and oxygen atoms in total. The maximum Gasteiger partial charge on any atom is 0.331 e. The molecule has 0 saturated carbocycles. The van der Waals surface area contributed by atoms with Crippen LogP contribution in [0, 0.1) is 0 Å². The zero-order valence-corrected chi connectivity index (χ0v) is 16.4. The number of hydrogen-bond donors (Lipinski definition) is 0. The van der Waals surface area contributed by atoms with Gasteiger partial charge in [0, 0.05) is 6.08 Å². The molecule has 2 aromatic carbocycles. The molecular weight excluding hydrogens is 336 g/mol. The van der Waals surface area contributed by atoms with Crippen molar-refractivity contribution in [3.63, 3.8) is 0 Å². The lowest BCUT2D eigenvalue weighted by atomic mass is 9.97. The molecule has 0 fully saturated rings. The summed E-state index contributed by atoms with van der Waals surface area (Å²) in [6, 6.07) is 17.6. The highest BCUT2D eigenvalue weighted by molar-refractivity contribution is 5.96. The van der Waals surface area contributed by atoms with Gasteiger partial charge in [-0.25, -0.2) is 4.79 Å². The van der Waals surface area contributed by atoms with Gasteiger partial charge in [-0.2, -0.15) is 0 Å². The van der Waals surface area contributed by atoms with Gasteiger partial charge in [0.1, 0.15) is 5.75 Å². The van der Waals surface area contributed by atoms with Crippen molar-refractivity contribution in [2.24, 2.45) is 0 Å². The monoisotopic (exact) mass is 366 g/mol. The van der Waals surface area contributed by atoms with E-state index in [4.69, 9.17) is 9.47 Å². The highest BCUT2D eigenvalue weighted by atomic mass is 16.5. The Morgan fingerprint density at radius 3 is 2.15 bits per heavy atom. The minimum Gasteiger partial charge on any atom is -0.497 e. The van der Waals surface area contributed by atoms with Crippen molar-refractivity contribution in [3.8, 4) is 5.75 Å². The van der Waals surface area contributed by atoms with Crippen molar-refractivity contribution in [2.75, 3.05) is 13.7 Å². The van der Waals surface area contributed by atoms with Crippen LogP contribution in [-0.4, -0.2) is 19.7 Å². The zero-order valence-electron chi connectivity index (χ0n) is 16.4. The third-order valence-electron chi connectivity index (χ3n) is 4.49. The van der Waals surface area contributed by atoms with E-state index in [0.29, 0.717) is 6.61 Å². The summed E-state index contributed by atoms with van der Waals surface area (Å²) in [6.45, 7) is 2.69. The van der Waals surface area contributed by atoms with Gasteiger partial charge in [0.15, 0.2) is 0 Å². The fourth-order valence-corrected chi connectivity index (χ4v) is 2.94. The van der Waals surface area contributed by atoms with Gasteiger partial charge in [-0.05, 0) is 35.3 Å². The number of carbonyl (C=O) groups excluding carboxylic acids is 1. The number of esters is 1. The molecule has 27 heavy (non-hydrogen) atoms. The molecule has 0 aliphatic carbocycles. The second-order valence-corrected chi connectivity index (χ2v) is 6.59. The average Bonchev–Trinajstić information content (AvgIpc) is 2.72. The Hall–Kier alpha value is -2.55. The Morgan fingerprint density at radius 2 is 1.48 bits per heavy atom. The smallest absolute Gasteiger partial charge is 0.331 e. The normalized spacial score (nSPS) is 11.3. The standard InChI is InChI=1S/C24H30O3/c1-3-4-5-6-7-11-18-27-24(25)19-23(20-12-9-8-10-13-20)21-14-16-22(26-2)17-15-21/h8-10,12-17,19H,3-7,11,18H2,1-2H3/b23-19+. The third kappa shape index (κ3) is 7.30. The fourth-order valence-electron chi connectivity index (χ4n) is 2.94. The molecule has 0 aliphatic heterocycles. The molecule has 0 amide bonds. The van der Waals surface area contributed by atoms with Gasteiger partial charge in [0.05, 0.1) is 13.7 Å². The Bertz CT molecular complexity index is 702. The fraction of sp³-hybridized carbons (Fsp3) is 0.375. The summed E-state index contributed by atoms with van der Waals surface area (Å²) >= 11 is 0. The number of carbonyl (C=O) groups is 1. The predicted octanol–water partition coefficient (Wildman–Crippen LogP) is 6.03. The summed E-state index contributed by atoms with van der Waals surface area (Å²) in [6.07, 6.45) is 8.63. The highest BCUT2D eigenvalue weighted by Crippen LogP contribution is 2.25. The van der Waals surface area contributed by atoms with E-state index in [1.54, 1.807) is 13.2 Å². The minimum absolute atomic E-state index is 0.293. The maximum atomic E-state index is 12.3. The molecule has 2 aromatic rings. The molecule has 0 aliphatic rings. The van der Waals surface area contributed by atoms with Crippen molar-refractivity contribution < 1.29 is 14.3 Å². The topological polar surface area (TPSA) is 35.5 Å². The van der Waals surface area contributed by atoms with E-state index in [-0.39, 0.29) is 5.97 Å². The Labute approximate surface area is 163 Å². The van der Waals surface area contributed by atoms with Crippen LogP contribution in [0.5, 0.6) is 5.75 Å². The highest BCUT2D eigenvalue weighted by Gasteiger charge is 2.09. The van der Waals surface area contributed by atoms with Crippen molar-refractivity contribution in [3.05, 3.63) is 71.8 Å². The first kappa shape index (κ1) is 20.8. The number of ether oxygens (including phenoxy) is 2. The minimum atomic E-state index is -0.293. The summed E-state index contributed by atoms with van der Waals surface area (Å²) in [7, 11) is 1.64. The van der Waals surface area contributed by atoms with E-state index in [2.05, 4.69) is 6.92 Å². The third-order valence-corrected chi connectivity index (χ3v) is 4.49. The quantitative estimate of drug-likeness (QED) is 0.277. The number of methoxy groups -OCH3 is 1. The molecule has 0 saturated heterocycles. The maximum absolute atomic E-state index is 12.3. The summed E-state index contributed by atoms with van der Waals surface area (Å²) < 4.78 is 10.7. The molecule has 144 valence electrons. The number of unbranched alkanes of at least 4 members (excludes halogenated alkanes) is 5. The summed E-state index contributed by atoms with van der Waals surface area (Å²) in [5, 5.41) is 0. The SMILES string of the molecule is CCCCCCCCOC(=O)/C=C(\c1ccccc1)c1ccc(OC)cc1. The van der Waals surface area contributed by atoms with E-state index in [9.17, 15) is 4.79 Å². The van der Waals surface area contributed by atoms with Crippen LogP contribution in [0.15, 0.2) is 60.7 Å². The van der Waals surface area contributed by atoms with Gasteiger partial charge in [-0.1, -0.05) is 81.5 Å². The Balaban J connectivity index is 2.01. The van der Waals surface area contributed by atoms with Crippen molar-refractivity contribution in [1.29, 1.82) is 0 Å². The number of hydrogen-bond acceptors (Lipinski definition) is 3. The predicted molar refractivity (Wildman–Crippen MR) is 111 cm³/mol. The molecule has 0 spiro atoms. The molecule has 0 bridgehead atoms. The molecule has 3 heteroatoms. The van der Waals surface area contributed by atoms with Crippen LogP contribution in [0.2, 0.25) is 0 Å². The summed E-state index contributed by atoms with van der Waals surface area (Å²) in [4.78, 5) is 12.3. The molecule has 0 aromatic heterocycles. The second-order valence-electron chi connectivity index (χ2n) is 6.59. The van der Waals surface area contributed by atoms with Crippen LogP contribution >= 0.6 is 0 Å². The van der Waals surface area contributed by atoms with Gasteiger partial charge in [0.25, 0.3) is 0 Å². The first-order chi connectivity index (χ1) is 13.2. The van der Waals surface area contributed by atoms with Crippen molar-refractivity contribution in [1.82, 2.24) is 0 Å². The molecule has 0 heterocycles. The molecule has 0 radical (unpaired) electrons. The molecule has 0 N–H and O–H groups in total. The first-order valence-electron chi connectivity index (χ1n) is 9.83. The van der Waals surface area contributed by atoms with Crippen LogP contribution in [0.25, 0.3) is 5.57 Å².